The van der Waals surface area contributed by atoms with Crippen molar-refractivity contribution in [2.75, 3.05) is 6.61 Å². The molecule has 0 spiro atoms. The predicted molar refractivity (Wildman–Crippen MR) is 61.9 cm³/mol. The maximum atomic E-state index is 9.05. The molecule has 15 heavy (non-hydrogen) atoms. The second kappa shape index (κ2) is 3.35. The monoisotopic (exact) mass is 198 g/mol. The van der Waals surface area contributed by atoms with Gasteiger partial charge in [0.2, 0.25) is 0 Å². The first-order chi connectivity index (χ1) is 7.38. The molecule has 1 nitrogen and oxygen atoms in total. The molecular formula is C14H14O. The van der Waals surface area contributed by atoms with Crippen LogP contribution in [0.1, 0.15) is 17.9 Å². The van der Waals surface area contributed by atoms with Gasteiger partial charge in [0, 0.05) is 6.61 Å². The number of fused-ring (bicyclic) bond motifs is 1. The number of rotatable bonds is 2. The van der Waals surface area contributed by atoms with E-state index in [0.29, 0.717) is 18.4 Å². The molecule has 1 saturated carbocycles. The molecule has 0 aromatic heterocycles. The molecule has 76 valence electrons. The van der Waals surface area contributed by atoms with Crippen LogP contribution in [0.4, 0.5) is 0 Å². The van der Waals surface area contributed by atoms with Crippen LogP contribution in [0.15, 0.2) is 42.5 Å². The molecule has 3 rings (SSSR count). The van der Waals surface area contributed by atoms with Crippen molar-refractivity contribution in [1.29, 1.82) is 0 Å². The van der Waals surface area contributed by atoms with E-state index in [9.17, 15) is 0 Å². The second-order valence-corrected chi connectivity index (χ2v) is 4.39. The van der Waals surface area contributed by atoms with Gasteiger partial charge in [-0.3, -0.25) is 0 Å². The van der Waals surface area contributed by atoms with Gasteiger partial charge in [-0.05, 0) is 34.6 Å². The minimum absolute atomic E-state index is 0.331. The van der Waals surface area contributed by atoms with E-state index in [1.165, 1.54) is 16.3 Å². The fourth-order valence-electron chi connectivity index (χ4n) is 2.30. The molecule has 0 amide bonds. The van der Waals surface area contributed by atoms with E-state index in [1.807, 2.05) is 0 Å². The highest BCUT2D eigenvalue weighted by Gasteiger charge is 2.37. The molecule has 2 aromatic carbocycles. The standard InChI is InChI=1S/C14H14O/c15-9-13-8-14(13)12-6-5-10-3-1-2-4-11(10)7-12/h1-7,13-15H,8-9H2/t13-,14-/m0/s1. The highest BCUT2D eigenvalue weighted by atomic mass is 16.3. The molecule has 0 aliphatic heterocycles. The minimum Gasteiger partial charge on any atom is -0.396 e. The van der Waals surface area contributed by atoms with Crippen LogP contribution in [0.2, 0.25) is 0 Å². The van der Waals surface area contributed by atoms with Gasteiger partial charge in [-0.15, -0.1) is 0 Å². The van der Waals surface area contributed by atoms with E-state index >= 15 is 0 Å². The summed E-state index contributed by atoms with van der Waals surface area (Å²) in [6.45, 7) is 0.331. The minimum atomic E-state index is 0.331. The van der Waals surface area contributed by atoms with Crippen LogP contribution < -0.4 is 0 Å². The zero-order valence-corrected chi connectivity index (χ0v) is 8.56. The summed E-state index contributed by atoms with van der Waals surface area (Å²) in [6.07, 6.45) is 1.15. The molecular weight excluding hydrogens is 184 g/mol. The molecule has 1 N–H and O–H groups in total. The molecule has 0 radical (unpaired) electrons. The van der Waals surface area contributed by atoms with Crippen molar-refractivity contribution in [3.63, 3.8) is 0 Å². The van der Waals surface area contributed by atoms with Gasteiger partial charge in [-0.25, -0.2) is 0 Å². The number of hydrogen-bond donors (Lipinski definition) is 1. The van der Waals surface area contributed by atoms with Crippen LogP contribution in [0.3, 0.4) is 0 Å². The highest BCUT2D eigenvalue weighted by molar-refractivity contribution is 5.83. The quantitative estimate of drug-likeness (QED) is 0.786. The second-order valence-electron chi connectivity index (χ2n) is 4.39. The number of benzene rings is 2. The smallest absolute Gasteiger partial charge is 0.0465 e. The Morgan fingerprint density at radius 3 is 2.60 bits per heavy atom. The van der Waals surface area contributed by atoms with Gasteiger partial charge in [0.25, 0.3) is 0 Å². The van der Waals surface area contributed by atoms with E-state index in [2.05, 4.69) is 42.5 Å². The Labute approximate surface area is 89.4 Å². The van der Waals surface area contributed by atoms with Crippen LogP contribution in [0.25, 0.3) is 10.8 Å². The summed E-state index contributed by atoms with van der Waals surface area (Å²) in [5, 5.41) is 11.6. The van der Waals surface area contributed by atoms with Gasteiger partial charge < -0.3 is 5.11 Å². The van der Waals surface area contributed by atoms with Gasteiger partial charge in [-0.1, -0.05) is 42.5 Å². The van der Waals surface area contributed by atoms with E-state index in [4.69, 9.17) is 5.11 Å². The van der Waals surface area contributed by atoms with Gasteiger partial charge >= 0.3 is 0 Å². The lowest BCUT2D eigenvalue weighted by molar-refractivity contribution is 0.274. The van der Waals surface area contributed by atoms with Crippen LogP contribution in [0.5, 0.6) is 0 Å². The van der Waals surface area contributed by atoms with Gasteiger partial charge in [0.15, 0.2) is 0 Å². The Hall–Kier alpha value is -1.34. The average Bonchev–Trinajstić information content (AvgIpc) is 3.08. The van der Waals surface area contributed by atoms with Gasteiger partial charge in [0.05, 0.1) is 0 Å². The molecule has 1 aliphatic carbocycles. The SMILES string of the molecule is OC[C@@H]1C[C@H]1c1ccc2ccccc2c1. The van der Waals surface area contributed by atoms with Crippen LogP contribution >= 0.6 is 0 Å². The zero-order chi connectivity index (χ0) is 10.3. The summed E-state index contributed by atoms with van der Waals surface area (Å²) in [5.41, 5.74) is 1.38. The maximum Gasteiger partial charge on any atom is 0.0465 e. The molecule has 0 unspecified atom stereocenters. The maximum absolute atomic E-state index is 9.05. The van der Waals surface area contributed by atoms with Crippen LogP contribution in [-0.2, 0) is 0 Å². The van der Waals surface area contributed by atoms with Crippen LogP contribution in [0, 0.1) is 5.92 Å². The molecule has 1 aliphatic rings. The van der Waals surface area contributed by atoms with Crippen molar-refractivity contribution in [3.05, 3.63) is 48.0 Å². The van der Waals surface area contributed by atoms with Gasteiger partial charge in [-0.2, -0.15) is 0 Å². The molecule has 2 aromatic rings. The normalized spacial score (nSPS) is 24.3. The number of aliphatic hydroxyl groups is 1. The first-order valence-electron chi connectivity index (χ1n) is 5.48. The molecule has 0 saturated heterocycles. The Bertz CT molecular complexity index is 489. The van der Waals surface area contributed by atoms with E-state index < -0.39 is 0 Å². The van der Waals surface area contributed by atoms with Crippen LogP contribution in [-0.4, -0.2) is 11.7 Å². The Morgan fingerprint density at radius 1 is 1.07 bits per heavy atom. The fraction of sp³-hybridized carbons (Fsp3) is 0.286. The average molecular weight is 198 g/mol. The molecule has 1 fully saturated rings. The number of aliphatic hydroxyl groups excluding tert-OH is 1. The lowest BCUT2D eigenvalue weighted by Gasteiger charge is -2.02. The third-order valence-corrected chi connectivity index (χ3v) is 3.36. The van der Waals surface area contributed by atoms with Crippen molar-refractivity contribution >= 4 is 10.8 Å². The zero-order valence-electron chi connectivity index (χ0n) is 8.56. The summed E-state index contributed by atoms with van der Waals surface area (Å²) < 4.78 is 0. The highest BCUT2D eigenvalue weighted by Crippen LogP contribution is 2.47. The van der Waals surface area contributed by atoms with Crippen molar-refractivity contribution in [3.8, 4) is 0 Å². The summed E-state index contributed by atoms with van der Waals surface area (Å²) >= 11 is 0. The number of hydrogen-bond acceptors (Lipinski definition) is 1. The first-order valence-corrected chi connectivity index (χ1v) is 5.48. The third kappa shape index (κ3) is 1.53. The van der Waals surface area contributed by atoms with Crippen molar-refractivity contribution in [1.82, 2.24) is 0 Å². The van der Waals surface area contributed by atoms with E-state index in [0.717, 1.165) is 6.42 Å². The summed E-state index contributed by atoms with van der Waals surface area (Å²) in [6, 6.07) is 15.1. The third-order valence-electron chi connectivity index (χ3n) is 3.36. The fourth-order valence-corrected chi connectivity index (χ4v) is 2.30. The topological polar surface area (TPSA) is 20.2 Å². The lowest BCUT2D eigenvalue weighted by Crippen LogP contribution is -1.88. The first kappa shape index (κ1) is 8.93. The Balaban J connectivity index is 2.00. The largest absolute Gasteiger partial charge is 0.396 e. The summed E-state index contributed by atoms with van der Waals surface area (Å²) in [4.78, 5) is 0. The van der Waals surface area contributed by atoms with Crippen molar-refractivity contribution < 1.29 is 5.11 Å². The van der Waals surface area contributed by atoms with E-state index in [1.54, 1.807) is 0 Å². The molecule has 1 heteroatoms. The Morgan fingerprint density at radius 2 is 1.87 bits per heavy atom. The summed E-state index contributed by atoms with van der Waals surface area (Å²) in [5.74, 6) is 1.10. The molecule has 0 bridgehead atoms. The summed E-state index contributed by atoms with van der Waals surface area (Å²) in [7, 11) is 0. The van der Waals surface area contributed by atoms with E-state index in [-0.39, 0.29) is 0 Å². The Kier molecular flexibility index (Phi) is 2.00. The van der Waals surface area contributed by atoms with Crippen molar-refractivity contribution in [2.45, 2.75) is 12.3 Å². The predicted octanol–water partition coefficient (Wildman–Crippen LogP) is 2.94. The lowest BCUT2D eigenvalue weighted by atomic mass is 10.0. The van der Waals surface area contributed by atoms with Crippen molar-refractivity contribution in [2.24, 2.45) is 5.92 Å². The molecule has 0 heterocycles. The van der Waals surface area contributed by atoms with Gasteiger partial charge in [0.1, 0.15) is 0 Å². The molecule has 2 atom stereocenters.